The van der Waals surface area contributed by atoms with Crippen LogP contribution in [0.4, 0.5) is 0 Å². The van der Waals surface area contributed by atoms with Gasteiger partial charge in [-0.1, -0.05) is 71.9 Å². The van der Waals surface area contributed by atoms with Crippen molar-refractivity contribution in [3.05, 3.63) is 82.4 Å². The van der Waals surface area contributed by atoms with Gasteiger partial charge in [0, 0.05) is 36.2 Å². The normalized spacial score (nSPS) is 17.1. The van der Waals surface area contributed by atoms with Crippen LogP contribution < -0.4 is 0 Å². The number of likely N-dealkylation sites (tertiary alicyclic amines) is 1. The molecule has 1 aliphatic heterocycles. The summed E-state index contributed by atoms with van der Waals surface area (Å²) in [4.78, 5) is 18.8. The van der Waals surface area contributed by atoms with Crippen LogP contribution in [-0.4, -0.2) is 45.3 Å². The lowest BCUT2D eigenvalue weighted by molar-refractivity contribution is -0.128. The van der Waals surface area contributed by atoms with Crippen LogP contribution in [-0.2, 0) is 11.2 Å². The highest BCUT2D eigenvalue weighted by molar-refractivity contribution is 8.01. The van der Waals surface area contributed by atoms with E-state index in [0.29, 0.717) is 19.4 Å². The zero-order valence-corrected chi connectivity index (χ0v) is 21.7. The number of carbonyl (C=O) groups is 1. The number of aromatic nitrogens is 1. The molecular weight excluding hydrogens is 460 g/mol. The average molecular weight is 493 g/mol. The van der Waals surface area contributed by atoms with Gasteiger partial charge in [0.1, 0.15) is 4.34 Å². The van der Waals surface area contributed by atoms with E-state index in [0.717, 1.165) is 27.8 Å². The van der Waals surface area contributed by atoms with E-state index in [1.165, 1.54) is 22.3 Å². The highest BCUT2D eigenvalue weighted by Crippen LogP contribution is 2.27. The van der Waals surface area contributed by atoms with Crippen molar-refractivity contribution in [3.63, 3.8) is 0 Å². The number of amides is 1. The van der Waals surface area contributed by atoms with E-state index in [1.54, 1.807) is 23.1 Å². The molecule has 4 nitrogen and oxygen atoms in total. The summed E-state index contributed by atoms with van der Waals surface area (Å²) in [6, 6.07) is 15.0. The fraction of sp³-hybridized carbons (Fsp3) is 0.357. The second-order valence-corrected chi connectivity index (χ2v) is 11.2. The summed E-state index contributed by atoms with van der Waals surface area (Å²) in [6.45, 7) is 6.94. The minimum Gasteiger partial charge on any atom is -0.389 e. The molecule has 34 heavy (non-hydrogen) atoms. The second kappa shape index (κ2) is 11.3. The SMILES string of the molecule is Cc1ccc(-c2cccc(C[C@H](O)/C=C/[C@H]3CCC(=O)N3CCSc3nc(C)cs3)c2)c(C)c1. The summed E-state index contributed by atoms with van der Waals surface area (Å²) in [7, 11) is 0. The van der Waals surface area contributed by atoms with Crippen molar-refractivity contribution in [2.45, 2.75) is 56.5 Å². The Morgan fingerprint density at radius 1 is 1.24 bits per heavy atom. The zero-order chi connectivity index (χ0) is 24.1. The lowest BCUT2D eigenvalue weighted by atomic mass is 9.96. The minimum absolute atomic E-state index is 0.0577. The molecule has 0 radical (unpaired) electrons. The Morgan fingerprint density at radius 2 is 2.09 bits per heavy atom. The summed E-state index contributed by atoms with van der Waals surface area (Å²) >= 11 is 3.35. The largest absolute Gasteiger partial charge is 0.389 e. The fourth-order valence-electron chi connectivity index (χ4n) is 4.45. The van der Waals surface area contributed by atoms with Crippen molar-refractivity contribution in [2.24, 2.45) is 0 Å². The summed E-state index contributed by atoms with van der Waals surface area (Å²) in [5.41, 5.74) is 7.05. The number of rotatable bonds is 9. The summed E-state index contributed by atoms with van der Waals surface area (Å²) in [6.07, 6.45) is 5.23. The van der Waals surface area contributed by atoms with Gasteiger partial charge in [0.25, 0.3) is 0 Å². The molecule has 2 aromatic carbocycles. The monoisotopic (exact) mass is 492 g/mol. The first kappa shape index (κ1) is 24.7. The summed E-state index contributed by atoms with van der Waals surface area (Å²) in [5, 5.41) is 12.7. The lowest BCUT2D eigenvalue weighted by Gasteiger charge is -2.22. The predicted molar refractivity (Wildman–Crippen MR) is 143 cm³/mol. The maximum absolute atomic E-state index is 12.4. The standard InChI is InChI=1S/C28H32N2O2S2/c1-19-7-11-26(20(2)15-19)23-6-4-5-22(16-23)17-25(31)10-8-24-9-12-27(32)30(24)13-14-33-28-29-21(3)18-34-28/h4-8,10-11,15-16,18,24-25,31H,9,12-14,17H2,1-3H3/b10-8+/t24-,25+/m0/s1. The third-order valence-corrected chi connectivity index (χ3v) is 8.27. The number of aliphatic hydroxyl groups excluding tert-OH is 1. The van der Waals surface area contributed by atoms with Crippen molar-refractivity contribution in [1.29, 1.82) is 0 Å². The average Bonchev–Trinajstić information content (AvgIpc) is 3.37. The molecule has 1 fully saturated rings. The van der Waals surface area contributed by atoms with Crippen molar-refractivity contribution >= 4 is 29.0 Å². The summed E-state index contributed by atoms with van der Waals surface area (Å²) < 4.78 is 1.05. The van der Waals surface area contributed by atoms with Crippen LogP contribution in [0.25, 0.3) is 11.1 Å². The van der Waals surface area contributed by atoms with E-state index in [1.807, 2.05) is 29.4 Å². The molecule has 1 aliphatic rings. The fourth-order valence-corrected chi connectivity index (χ4v) is 6.30. The van der Waals surface area contributed by atoms with Gasteiger partial charge in [-0.2, -0.15) is 0 Å². The van der Waals surface area contributed by atoms with Crippen molar-refractivity contribution < 1.29 is 9.90 Å². The number of aryl methyl sites for hydroxylation is 3. The Morgan fingerprint density at radius 3 is 2.85 bits per heavy atom. The van der Waals surface area contributed by atoms with Crippen molar-refractivity contribution in [2.75, 3.05) is 12.3 Å². The number of hydrogen-bond acceptors (Lipinski definition) is 5. The molecular formula is C28H32N2O2S2. The van der Waals surface area contributed by atoms with Gasteiger partial charge >= 0.3 is 0 Å². The molecule has 4 rings (SSSR count). The van der Waals surface area contributed by atoms with E-state index in [2.05, 4.69) is 61.3 Å². The molecule has 1 saturated heterocycles. The lowest BCUT2D eigenvalue weighted by Crippen LogP contribution is -2.33. The van der Waals surface area contributed by atoms with Gasteiger partial charge in [-0.3, -0.25) is 4.79 Å². The van der Waals surface area contributed by atoms with Crippen LogP contribution in [0, 0.1) is 20.8 Å². The number of aliphatic hydroxyl groups is 1. The van der Waals surface area contributed by atoms with E-state index in [-0.39, 0.29) is 11.9 Å². The van der Waals surface area contributed by atoms with Gasteiger partial charge in [-0.25, -0.2) is 4.98 Å². The van der Waals surface area contributed by atoms with E-state index >= 15 is 0 Å². The Labute approximate surface area is 210 Å². The van der Waals surface area contributed by atoms with E-state index in [4.69, 9.17) is 0 Å². The predicted octanol–water partition coefficient (Wildman–Crippen LogP) is 5.98. The van der Waals surface area contributed by atoms with Crippen LogP contribution >= 0.6 is 23.1 Å². The molecule has 0 saturated carbocycles. The first-order valence-electron chi connectivity index (χ1n) is 11.8. The third kappa shape index (κ3) is 6.38. The van der Waals surface area contributed by atoms with Crippen molar-refractivity contribution in [1.82, 2.24) is 9.88 Å². The van der Waals surface area contributed by atoms with Crippen LogP contribution in [0.3, 0.4) is 0 Å². The van der Waals surface area contributed by atoms with Gasteiger partial charge in [0.2, 0.25) is 5.91 Å². The van der Waals surface area contributed by atoms with Crippen LogP contribution in [0.15, 0.2) is 64.3 Å². The second-order valence-electron chi connectivity index (χ2n) is 8.97. The van der Waals surface area contributed by atoms with E-state index in [9.17, 15) is 9.90 Å². The molecule has 1 N–H and O–H groups in total. The molecule has 0 spiro atoms. The van der Waals surface area contributed by atoms with Gasteiger partial charge in [0.05, 0.1) is 12.1 Å². The number of hydrogen-bond donors (Lipinski definition) is 1. The van der Waals surface area contributed by atoms with E-state index < -0.39 is 6.10 Å². The Hall–Kier alpha value is -2.41. The molecule has 0 aliphatic carbocycles. The molecule has 2 heterocycles. The number of benzene rings is 2. The highest BCUT2D eigenvalue weighted by atomic mass is 32.2. The molecule has 6 heteroatoms. The Kier molecular flexibility index (Phi) is 8.24. The van der Waals surface area contributed by atoms with Crippen LogP contribution in [0.1, 0.15) is 35.2 Å². The maximum Gasteiger partial charge on any atom is 0.223 e. The molecule has 2 atom stereocenters. The molecule has 0 bridgehead atoms. The molecule has 1 amide bonds. The van der Waals surface area contributed by atoms with Gasteiger partial charge < -0.3 is 10.0 Å². The molecule has 178 valence electrons. The Bertz CT molecular complexity index is 1170. The summed E-state index contributed by atoms with van der Waals surface area (Å²) in [5.74, 6) is 1.03. The quantitative estimate of drug-likeness (QED) is 0.295. The zero-order valence-electron chi connectivity index (χ0n) is 20.0. The molecule has 3 aromatic rings. The minimum atomic E-state index is -0.584. The van der Waals surface area contributed by atoms with Gasteiger partial charge in [-0.05, 0) is 49.4 Å². The number of thioether (sulfide) groups is 1. The third-order valence-electron chi connectivity index (χ3n) is 6.15. The van der Waals surface area contributed by atoms with Crippen LogP contribution in [0.5, 0.6) is 0 Å². The topological polar surface area (TPSA) is 53.4 Å². The highest BCUT2D eigenvalue weighted by Gasteiger charge is 2.28. The number of carbonyl (C=O) groups excluding carboxylic acids is 1. The smallest absolute Gasteiger partial charge is 0.223 e. The molecule has 0 unspecified atom stereocenters. The van der Waals surface area contributed by atoms with Gasteiger partial charge in [-0.15, -0.1) is 11.3 Å². The van der Waals surface area contributed by atoms with Gasteiger partial charge in [0.15, 0.2) is 0 Å². The van der Waals surface area contributed by atoms with Crippen LogP contribution in [0.2, 0.25) is 0 Å². The number of nitrogens with zero attached hydrogens (tertiary/aromatic N) is 2. The van der Waals surface area contributed by atoms with Crippen molar-refractivity contribution in [3.8, 4) is 11.1 Å². The maximum atomic E-state index is 12.4. The first-order valence-corrected chi connectivity index (χ1v) is 13.6. The molecule has 1 aromatic heterocycles. The Balaban J connectivity index is 1.34. The first-order chi connectivity index (χ1) is 16.4. The number of thiazole rings is 1.